The van der Waals surface area contributed by atoms with Gasteiger partial charge >= 0.3 is 57.6 Å². The molecule has 1 heterocycles. The maximum Gasteiger partial charge on any atom is 1.00 e. The Morgan fingerprint density at radius 3 is 2.23 bits per heavy atom. The first-order chi connectivity index (χ1) is 5.43. The number of aromatic nitrogens is 1. The van der Waals surface area contributed by atoms with Crippen LogP contribution in [0, 0.1) is 5.21 Å². The van der Waals surface area contributed by atoms with Crippen molar-refractivity contribution in [2.75, 3.05) is 0 Å². The predicted molar refractivity (Wildman–Crippen MR) is 36.0 cm³/mol. The largest absolute Gasteiger partial charge is 1.00 e. The number of alkyl halides is 3. The summed E-state index contributed by atoms with van der Waals surface area (Å²) in [6.45, 7) is 0. The number of halogens is 3. The summed E-state index contributed by atoms with van der Waals surface area (Å²) in [5.41, 5.74) is -1.33. The molecule has 0 fully saturated rings. The number of nitrogens with zero attached hydrogens (tertiary/aromatic N) is 1. The molecule has 0 N–H and O–H groups in total. The molecular weight excluding hydrogens is 230 g/mol. The zero-order valence-corrected chi connectivity index (χ0v) is 10.6. The van der Waals surface area contributed by atoms with E-state index in [-0.39, 0.29) is 56.1 Å². The van der Waals surface area contributed by atoms with Gasteiger partial charge in [0, 0.05) is 6.07 Å². The molecule has 0 atom stereocenters. The van der Waals surface area contributed by atoms with E-state index in [0.29, 0.717) is 0 Å². The van der Waals surface area contributed by atoms with Crippen LogP contribution < -0.4 is 56.1 Å². The van der Waals surface area contributed by atoms with Crippen LogP contribution in [0.5, 0.6) is 0 Å². The first-order valence-electron chi connectivity index (χ1n) is 2.89. The molecule has 7 heteroatoms. The van der Waals surface area contributed by atoms with Crippen LogP contribution >= 0.6 is 0 Å². The predicted octanol–water partition coefficient (Wildman–Crippen LogP) is -1.75. The molecular formula is C6H3F3KNOS. The average Bonchev–Trinajstić information content (AvgIpc) is 1.82. The van der Waals surface area contributed by atoms with Gasteiger partial charge < -0.3 is 17.8 Å². The van der Waals surface area contributed by atoms with E-state index in [2.05, 4.69) is 12.6 Å². The Morgan fingerprint density at radius 1 is 1.38 bits per heavy atom. The molecule has 2 nitrogen and oxygen atoms in total. The maximum absolute atomic E-state index is 12.0. The van der Waals surface area contributed by atoms with Crippen molar-refractivity contribution in [3.05, 3.63) is 29.2 Å². The first-order valence-corrected chi connectivity index (χ1v) is 3.30. The molecule has 0 amide bonds. The monoisotopic (exact) mass is 233 g/mol. The average molecular weight is 233 g/mol. The van der Waals surface area contributed by atoms with Gasteiger partial charge in [-0.3, -0.25) is 0 Å². The summed E-state index contributed by atoms with van der Waals surface area (Å²) in [5, 5.41) is 10.6. The van der Waals surface area contributed by atoms with Gasteiger partial charge in [0.05, 0.1) is 0 Å². The molecule has 0 aliphatic carbocycles. The van der Waals surface area contributed by atoms with E-state index in [0.717, 1.165) is 12.3 Å². The summed E-state index contributed by atoms with van der Waals surface area (Å²) in [5.74, 6) is 0. The molecule has 13 heavy (non-hydrogen) atoms. The molecule has 0 saturated heterocycles. The zero-order valence-electron chi connectivity index (χ0n) is 6.63. The van der Waals surface area contributed by atoms with Crippen molar-refractivity contribution in [3.63, 3.8) is 0 Å². The van der Waals surface area contributed by atoms with Crippen molar-refractivity contribution >= 4 is 12.6 Å². The zero-order chi connectivity index (χ0) is 9.35. The van der Waals surface area contributed by atoms with Crippen LogP contribution in [-0.2, 0) is 18.8 Å². The van der Waals surface area contributed by atoms with Crippen molar-refractivity contribution in [3.8, 4) is 0 Å². The van der Waals surface area contributed by atoms with Crippen molar-refractivity contribution < 1.29 is 69.3 Å². The van der Waals surface area contributed by atoms with E-state index in [1.807, 2.05) is 0 Å². The topological polar surface area (TPSA) is 26.9 Å². The van der Waals surface area contributed by atoms with Crippen LogP contribution in [0.2, 0.25) is 0 Å². The van der Waals surface area contributed by atoms with Gasteiger partial charge in [-0.05, 0) is 0 Å². The fraction of sp³-hybridized carbons (Fsp3) is 0.167. The summed E-state index contributed by atoms with van der Waals surface area (Å²) < 4.78 is 35.8. The third-order valence-corrected chi connectivity index (χ3v) is 1.52. The van der Waals surface area contributed by atoms with Crippen molar-refractivity contribution in [1.29, 1.82) is 0 Å². The Kier molecular flexibility index (Phi) is 5.12. The van der Waals surface area contributed by atoms with Gasteiger partial charge in [-0.15, -0.1) is 0 Å². The van der Waals surface area contributed by atoms with Gasteiger partial charge in [0.2, 0.25) is 0 Å². The van der Waals surface area contributed by atoms with Crippen LogP contribution in [0.25, 0.3) is 0 Å². The molecule has 0 unspecified atom stereocenters. The second-order valence-corrected chi connectivity index (χ2v) is 2.48. The fourth-order valence-electron chi connectivity index (χ4n) is 0.735. The van der Waals surface area contributed by atoms with E-state index in [1.165, 1.54) is 6.07 Å². The van der Waals surface area contributed by atoms with Gasteiger partial charge in [0.25, 0.3) is 5.69 Å². The summed E-state index contributed by atoms with van der Waals surface area (Å²) in [6.07, 6.45) is -3.92. The van der Waals surface area contributed by atoms with Crippen LogP contribution in [0.4, 0.5) is 13.2 Å². The summed E-state index contributed by atoms with van der Waals surface area (Å²) >= 11 is 4.35. The smallest absolute Gasteiger partial charge is 0.773 e. The molecule has 1 aromatic rings. The SMILES string of the molecule is [K+].[O-][n+]1cccc([S-])c1C(F)(F)F. The summed E-state index contributed by atoms with van der Waals surface area (Å²) in [7, 11) is 0. The van der Waals surface area contributed by atoms with Gasteiger partial charge in [-0.2, -0.15) is 17.9 Å². The minimum atomic E-state index is -4.68. The second-order valence-electron chi connectivity index (χ2n) is 2.04. The molecule has 0 aliphatic rings. The molecule has 0 aromatic carbocycles. The van der Waals surface area contributed by atoms with Gasteiger partial charge in [0.15, 0.2) is 6.20 Å². The maximum atomic E-state index is 12.0. The van der Waals surface area contributed by atoms with Crippen LogP contribution in [-0.4, -0.2) is 0 Å². The van der Waals surface area contributed by atoms with Gasteiger partial charge in [-0.25, -0.2) is 0 Å². The van der Waals surface area contributed by atoms with Crippen LogP contribution in [0.15, 0.2) is 23.2 Å². The molecule has 0 saturated carbocycles. The first kappa shape index (κ1) is 13.6. The summed E-state index contributed by atoms with van der Waals surface area (Å²) in [4.78, 5) is -0.486. The molecule has 1 aromatic heterocycles. The Hall–Kier alpha value is 0.596. The molecule has 0 aliphatic heterocycles. The molecule has 0 bridgehead atoms. The molecule has 0 spiro atoms. The van der Waals surface area contributed by atoms with Crippen molar-refractivity contribution in [1.82, 2.24) is 0 Å². The standard InChI is InChI=1S/C6H4F3NOS.K/c7-6(8,9)5-4(12)2-1-3-10(5)11;/h1-3,12H;/q;+1/p-1. The van der Waals surface area contributed by atoms with Crippen molar-refractivity contribution in [2.45, 2.75) is 11.1 Å². The van der Waals surface area contributed by atoms with E-state index in [4.69, 9.17) is 0 Å². The Bertz CT molecular complexity index is 284. The third kappa shape index (κ3) is 3.33. The molecule has 0 radical (unpaired) electrons. The van der Waals surface area contributed by atoms with Crippen LogP contribution in [0.1, 0.15) is 5.69 Å². The summed E-state index contributed by atoms with van der Waals surface area (Å²) in [6, 6.07) is 2.23. The van der Waals surface area contributed by atoms with Gasteiger partial charge in [-0.1, -0.05) is 11.0 Å². The molecule has 1 rings (SSSR count). The van der Waals surface area contributed by atoms with Crippen LogP contribution in [0.3, 0.4) is 0 Å². The van der Waals surface area contributed by atoms with Gasteiger partial charge in [0.1, 0.15) is 0 Å². The normalized spacial score (nSPS) is 10.7. The van der Waals surface area contributed by atoms with Crippen molar-refractivity contribution in [2.24, 2.45) is 0 Å². The quantitative estimate of drug-likeness (QED) is 0.230. The minimum Gasteiger partial charge on any atom is -0.773 e. The Balaban J connectivity index is 0.00000144. The minimum absolute atomic E-state index is 0. The Morgan fingerprint density at radius 2 is 1.92 bits per heavy atom. The third-order valence-electron chi connectivity index (χ3n) is 1.19. The second kappa shape index (κ2) is 4.90. The van der Waals surface area contributed by atoms with E-state index in [1.54, 1.807) is 0 Å². The fourth-order valence-corrected chi connectivity index (χ4v) is 1.02. The number of rotatable bonds is 0. The van der Waals surface area contributed by atoms with E-state index in [9.17, 15) is 18.4 Å². The number of pyridine rings is 1. The van der Waals surface area contributed by atoms with E-state index < -0.39 is 16.8 Å². The van der Waals surface area contributed by atoms with E-state index >= 15 is 0 Å². The molecule has 66 valence electrons. The number of hydrogen-bond donors (Lipinski definition) is 0. The number of hydrogen-bond acceptors (Lipinski definition) is 2. The Labute approximate surface area is 121 Å².